The molecule has 1 atom stereocenters. The van der Waals surface area contributed by atoms with Crippen molar-refractivity contribution < 1.29 is 4.79 Å². The average molecular weight is 207 g/mol. The number of imidazole rings is 1. The summed E-state index contributed by atoms with van der Waals surface area (Å²) in [4.78, 5) is 16.1. The molecule has 1 aliphatic heterocycles. The Morgan fingerprint density at radius 2 is 2.53 bits per heavy atom. The predicted octanol–water partition coefficient (Wildman–Crippen LogP) is 0.867. The van der Waals surface area contributed by atoms with Gasteiger partial charge in [0.1, 0.15) is 11.5 Å². The lowest BCUT2D eigenvalue weighted by Crippen LogP contribution is -2.25. The van der Waals surface area contributed by atoms with E-state index in [-0.39, 0.29) is 5.78 Å². The van der Waals surface area contributed by atoms with Crippen molar-refractivity contribution in [2.24, 2.45) is 5.92 Å². The Morgan fingerprint density at radius 1 is 1.73 bits per heavy atom. The summed E-state index contributed by atoms with van der Waals surface area (Å²) in [7, 11) is 1.79. The first-order valence-electron chi connectivity index (χ1n) is 5.44. The highest BCUT2D eigenvalue weighted by Crippen LogP contribution is 2.20. The predicted molar refractivity (Wildman–Crippen MR) is 58.0 cm³/mol. The Balaban J connectivity index is 2.24. The molecule has 0 saturated carbocycles. The van der Waals surface area contributed by atoms with Crippen LogP contribution in [0, 0.1) is 5.92 Å². The maximum absolute atomic E-state index is 11.7. The van der Waals surface area contributed by atoms with E-state index in [0.717, 1.165) is 30.9 Å². The highest BCUT2D eigenvalue weighted by atomic mass is 16.1. The van der Waals surface area contributed by atoms with Crippen LogP contribution in [0.3, 0.4) is 0 Å². The van der Waals surface area contributed by atoms with Crippen LogP contribution in [0.1, 0.15) is 29.7 Å². The monoisotopic (exact) mass is 207 g/mol. The average Bonchev–Trinajstić information content (AvgIpc) is 2.60. The summed E-state index contributed by atoms with van der Waals surface area (Å²) in [6.45, 7) is 3.55. The van der Waals surface area contributed by atoms with E-state index in [0.29, 0.717) is 12.5 Å². The molecule has 0 fully saturated rings. The molecule has 0 radical (unpaired) electrons. The summed E-state index contributed by atoms with van der Waals surface area (Å²) in [5.41, 5.74) is 0.756. The Bertz CT molecular complexity index is 370. The van der Waals surface area contributed by atoms with Gasteiger partial charge in [0.2, 0.25) is 0 Å². The van der Waals surface area contributed by atoms with Crippen LogP contribution in [0.2, 0.25) is 0 Å². The van der Waals surface area contributed by atoms with E-state index in [4.69, 9.17) is 0 Å². The fraction of sp³-hybridized carbons (Fsp3) is 0.636. The van der Waals surface area contributed by atoms with E-state index >= 15 is 0 Å². The number of carbonyl (C=O) groups excluding carboxylic acids is 1. The Labute approximate surface area is 89.7 Å². The van der Waals surface area contributed by atoms with Crippen LogP contribution in [-0.2, 0) is 13.0 Å². The molecule has 0 amide bonds. The molecular formula is C11H17N3O. The highest BCUT2D eigenvalue weighted by Gasteiger charge is 2.21. The van der Waals surface area contributed by atoms with Gasteiger partial charge in [0.15, 0.2) is 5.78 Å². The minimum absolute atomic E-state index is 0.130. The van der Waals surface area contributed by atoms with Crippen LogP contribution >= 0.6 is 0 Å². The van der Waals surface area contributed by atoms with Gasteiger partial charge >= 0.3 is 0 Å². The number of carbonyl (C=O) groups is 1. The van der Waals surface area contributed by atoms with E-state index in [2.05, 4.69) is 21.8 Å². The van der Waals surface area contributed by atoms with Gasteiger partial charge < -0.3 is 9.88 Å². The normalized spacial score (nSPS) is 20.0. The number of aromatic nitrogens is 2. The van der Waals surface area contributed by atoms with Crippen LogP contribution in [0.4, 0.5) is 0 Å². The lowest BCUT2D eigenvalue weighted by Gasteiger charge is -2.21. The standard InChI is InChI=1S/C11H17N3O/c1-8-3-4-14-9(10(15)7-12-2)6-13-11(14)5-8/h6,8,12H,3-5,7H2,1-2H3. The topological polar surface area (TPSA) is 46.9 Å². The molecule has 1 N–H and O–H groups in total. The molecule has 2 heterocycles. The van der Waals surface area contributed by atoms with Crippen LogP contribution < -0.4 is 5.32 Å². The number of likely N-dealkylation sites (N-methyl/N-ethyl adjacent to an activating group) is 1. The largest absolute Gasteiger partial charge is 0.326 e. The van der Waals surface area contributed by atoms with Gasteiger partial charge in [0.05, 0.1) is 12.7 Å². The summed E-state index contributed by atoms with van der Waals surface area (Å²) in [5.74, 6) is 1.88. The second-order valence-electron chi connectivity index (χ2n) is 4.26. The minimum Gasteiger partial charge on any atom is -0.326 e. The molecule has 4 heteroatoms. The van der Waals surface area contributed by atoms with Crippen molar-refractivity contribution in [2.45, 2.75) is 26.3 Å². The van der Waals surface area contributed by atoms with Gasteiger partial charge in [0, 0.05) is 13.0 Å². The van der Waals surface area contributed by atoms with Gasteiger partial charge in [-0.05, 0) is 19.4 Å². The van der Waals surface area contributed by atoms with Gasteiger partial charge in [-0.25, -0.2) is 4.98 Å². The molecule has 4 nitrogen and oxygen atoms in total. The fourth-order valence-electron chi connectivity index (χ4n) is 2.06. The summed E-state index contributed by atoms with van der Waals surface area (Å²) in [5, 5.41) is 2.88. The molecule has 0 spiro atoms. The number of fused-ring (bicyclic) bond motifs is 1. The zero-order valence-corrected chi connectivity index (χ0v) is 9.29. The molecule has 0 aromatic carbocycles. The van der Waals surface area contributed by atoms with Crippen LogP contribution in [0.25, 0.3) is 0 Å². The molecule has 1 unspecified atom stereocenters. The van der Waals surface area contributed by atoms with E-state index < -0.39 is 0 Å². The van der Waals surface area contributed by atoms with Gasteiger partial charge in [0.25, 0.3) is 0 Å². The number of hydrogen-bond acceptors (Lipinski definition) is 3. The van der Waals surface area contributed by atoms with Crippen molar-refractivity contribution in [2.75, 3.05) is 13.6 Å². The lowest BCUT2D eigenvalue weighted by molar-refractivity contribution is 0.0983. The van der Waals surface area contributed by atoms with E-state index in [1.165, 1.54) is 0 Å². The molecule has 1 aromatic heterocycles. The molecule has 0 bridgehead atoms. The molecule has 0 aliphatic carbocycles. The van der Waals surface area contributed by atoms with Crippen molar-refractivity contribution in [3.05, 3.63) is 17.7 Å². The zero-order chi connectivity index (χ0) is 10.8. The first-order valence-corrected chi connectivity index (χ1v) is 5.44. The molecule has 15 heavy (non-hydrogen) atoms. The lowest BCUT2D eigenvalue weighted by atomic mass is 10.0. The smallest absolute Gasteiger partial charge is 0.194 e. The summed E-state index contributed by atoms with van der Waals surface area (Å²) >= 11 is 0. The minimum atomic E-state index is 0.130. The van der Waals surface area contributed by atoms with Gasteiger partial charge in [-0.1, -0.05) is 6.92 Å². The zero-order valence-electron chi connectivity index (χ0n) is 9.29. The van der Waals surface area contributed by atoms with Crippen LogP contribution in [0.15, 0.2) is 6.20 Å². The third-order valence-electron chi connectivity index (χ3n) is 2.94. The number of hydrogen-bond donors (Lipinski definition) is 1. The number of rotatable bonds is 3. The van der Waals surface area contributed by atoms with E-state index in [1.54, 1.807) is 13.2 Å². The summed E-state index contributed by atoms with van der Waals surface area (Å²) < 4.78 is 2.07. The van der Waals surface area contributed by atoms with Gasteiger partial charge in [-0.15, -0.1) is 0 Å². The van der Waals surface area contributed by atoms with Crippen molar-refractivity contribution >= 4 is 5.78 Å². The van der Waals surface area contributed by atoms with Gasteiger partial charge in [-0.2, -0.15) is 0 Å². The third-order valence-corrected chi connectivity index (χ3v) is 2.94. The van der Waals surface area contributed by atoms with Crippen molar-refractivity contribution in [1.82, 2.24) is 14.9 Å². The van der Waals surface area contributed by atoms with Crippen LogP contribution in [0.5, 0.6) is 0 Å². The summed E-state index contributed by atoms with van der Waals surface area (Å²) in [6, 6.07) is 0. The second kappa shape index (κ2) is 4.14. The highest BCUT2D eigenvalue weighted by molar-refractivity contribution is 5.96. The molecular weight excluding hydrogens is 190 g/mol. The van der Waals surface area contributed by atoms with E-state index in [9.17, 15) is 4.79 Å². The Morgan fingerprint density at radius 3 is 3.27 bits per heavy atom. The van der Waals surface area contributed by atoms with Crippen molar-refractivity contribution in [3.8, 4) is 0 Å². The number of nitrogens with one attached hydrogen (secondary N) is 1. The SMILES string of the molecule is CNCC(=O)c1cnc2n1CCC(C)C2. The molecule has 82 valence electrons. The van der Waals surface area contributed by atoms with Crippen molar-refractivity contribution in [1.29, 1.82) is 0 Å². The molecule has 2 rings (SSSR count). The molecule has 1 aromatic rings. The quantitative estimate of drug-likeness (QED) is 0.748. The second-order valence-corrected chi connectivity index (χ2v) is 4.26. The Hall–Kier alpha value is -1.16. The molecule has 0 saturated heterocycles. The number of ketones is 1. The van der Waals surface area contributed by atoms with E-state index in [1.807, 2.05) is 0 Å². The first kappa shape index (κ1) is 10.4. The summed E-state index contributed by atoms with van der Waals surface area (Å²) in [6.07, 6.45) is 3.85. The van der Waals surface area contributed by atoms with Gasteiger partial charge in [-0.3, -0.25) is 4.79 Å². The fourth-order valence-corrected chi connectivity index (χ4v) is 2.06. The molecule has 1 aliphatic rings. The first-order chi connectivity index (χ1) is 7.22. The number of nitrogens with zero attached hydrogens (tertiary/aromatic N) is 2. The van der Waals surface area contributed by atoms with Crippen molar-refractivity contribution in [3.63, 3.8) is 0 Å². The third kappa shape index (κ3) is 1.95. The Kier molecular flexibility index (Phi) is 2.86. The maximum atomic E-state index is 11.7. The maximum Gasteiger partial charge on any atom is 0.194 e. The van der Waals surface area contributed by atoms with Crippen LogP contribution in [-0.4, -0.2) is 28.9 Å². The number of Topliss-reactive ketones (excluding diaryl/α,β-unsaturated/α-hetero) is 1.